The third-order valence-corrected chi connectivity index (χ3v) is 6.07. The summed E-state index contributed by atoms with van der Waals surface area (Å²) < 4.78 is 0. The Morgan fingerprint density at radius 1 is 1.18 bits per heavy atom. The summed E-state index contributed by atoms with van der Waals surface area (Å²) in [6.45, 7) is 8.17. The first kappa shape index (κ1) is 27.4. The number of carbonyl (C=O) groups is 2. The Bertz CT molecular complexity index is 1050. The van der Waals surface area contributed by atoms with Gasteiger partial charge in [-0.2, -0.15) is 0 Å². The van der Waals surface area contributed by atoms with Crippen molar-refractivity contribution in [2.75, 3.05) is 13.1 Å². The Kier molecular flexibility index (Phi) is 11.1. The average molecular weight is 503 g/mol. The molecule has 1 heterocycles. The second-order valence-corrected chi connectivity index (χ2v) is 8.68. The molecule has 2 aromatic rings. The van der Waals surface area contributed by atoms with Crippen molar-refractivity contribution in [1.29, 1.82) is 0 Å². The number of pyridine rings is 1. The van der Waals surface area contributed by atoms with E-state index in [2.05, 4.69) is 15.6 Å². The molecule has 0 spiro atoms. The number of nitrogens with zero attached hydrogens (tertiary/aromatic N) is 2. The zero-order valence-corrected chi connectivity index (χ0v) is 21.6. The molecule has 2 N–H and O–H groups in total. The number of nitrogens with one attached hydrogen (secondary N) is 2. The molecule has 0 aliphatic heterocycles. The molecule has 1 aromatic heterocycles. The van der Waals surface area contributed by atoms with E-state index in [-0.39, 0.29) is 23.5 Å². The molecule has 0 radical (unpaired) electrons. The lowest BCUT2D eigenvalue weighted by molar-refractivity contribution is -0.131. The van der Waals surface area contributed by atoms with Crippen LogP contribution in [-0.4, -0.2) is 34.8 Å². The highest BCUT2D eigenvalue weighted by Crippen LogP contribution is 2.17. The van der Waals surface area contributed by atoms with Crippen LogP contribution in [0.25, 0.3) is 0 Å². The molecule has 0 saturated heterocycles. The van der Waals surface area contributed by atoms with E-state index < -0.39 is 0 Å². The molecule has 0 bridgehead atoms. The van der Waals surface area contributed by atoms with E-state index in [1.54, 1.807) is 25.3 Å². The summed E-state index contributed by atoms with van der Waals surface area (Å²) in [5, 5.41) is 6.88. The molecular weight excluding hydrogens is 471 g/mol. The van der Waals surface area contributed by atoms with Gasteiger partial charge < -0.3 is 10.6 Å². The van der Waals surface area contributed by atoms with Gasteiger partial charge in [0.2, 0.25) is 5.91 Å². The van der Waals surface area contributed by atoms with E-state index in [1.807, 2.05) is 51.1 Å². The van der Waals surface area contributed by atoms with Crippen molar-refractivity contribution in [3.8, 4) is 0 Å². The van der Waals surface area contributed by atoms with Crippen molar-refractivity contribution >= 4 is 35.0 Å². The minimum Gasteiger partial charge on any atom is -0.380 e. The van der Waals surface area contributed by atoms with Gasteiger partial charge in [0.05, 0.1) is 5.70 Å². The molecule has 0 aliphatic carbocycles. The molecule has 0 unspecified atom stereocenters. The van der Waals surface area contributed by atoms with Gasteiger partial charge in [-0.3, -0.25) is 19.5 Å². The van der Waals surface area contributed by atoms with Gasteiger partial charge in [0.15, 0.2) is 0 Å². The molecule has 6 nitrogen and oxygen atoms in total. The molecule has 8 heteroatoms. The zero-order chi connectivity index (χ0) is 25.1. The lowest BCUT2D eigenvalue weighted by Gasteiger charge is -2.24. The quantitative estimate of drug-likeness (QED) is 0.330. The van der Waals surface area contributed by atoms with Crippen LogP contribution in [0.3, 0.4) is 0 Å². The standard InChI is InChI=1S/C26H32Cl2N4O2/c1-5-18(3)25(30-14-12-22-9-7-8-13-29-22)26(34)32(23(28)6-2)17-24(33)31-16-20-15-21(27)11-10-19(20)4/h6-11,13,15,30H,5,12,14,16-17H2,1-4H3,(H,31,33)/b23-6-,25-18-. The van der Waals surface area contributed by atoms with Crippen LogP contribution in [0.1, 0.15) is 44.0 Å². The van der Waals surface area contributed by atoms with E-state index in [0.29, 0.717) is 36.7 Å². The van der Waals surface area contributed by atoms with Crippen molar-refractivity contribution in [2.45, 2.75) is 47.1 Å². The summed E-state index contributed by atoms with van der Waals surface area (Å²) in [5.41, 5.74) is 4.18. The van der Waals surface area contributed by atoms with Gasteiger partial charge in [0.25, 0.3) is 5.91 Å². The molecule has 0 saturated carbocycles. The first-order chi connectivity index (χ1) is 16.3. The minimum atomic E-state index is -0.349. The third kappa shape index (κ3) is 8.19. The summed E-state index contributed by atoms with van der Waals surface area (Å²) in [6, 6.07) is 11.3. The maximum absolute atomic E-state index is 13.5. The highest BCUT2D eigenvalue weighted by atomic mass is 35.5. The number of rotatable bonds is 11. The van der Waals surface area contributed by atoms with Crippen molar-refractivity contribution in [3.63, 3.8) is 0 Å². The monoisotopic (exact) mass is 502 g/mol. The number of hydrogen-bond acceptors (Lipinski definition) is 4. The van der Waals surface area contributed by atoms with Crippen LogP contribution >= 0.6 is 23.2 Å². The van der Waals surface area contributed by atoms with Gasteiger partial charge in [-0.15, -0.1) is 0 Å². The van der Waals surface area contributed by atoms with E-state index in [4.69, 9.17) is 23.2 Å². The largest absolute Gasteiger partial charge is 0.380 e. The molecule has 0 atom stereocenters. The first-order valence-corrected chi connectivity index (χ1v) is 12.0. The Labute approximate surface area is 212 Å². The fourth-order valence-corrected chi connectivity index (χ4v) is 3.54. The second-order valence-electron chi connectivity index (χ2n) is 7.86. The predicted molar refractivity (Wildman–Crippen MR) is 138 cm³/mol. The van der Waals surface area contributed by atoms with E-state index >= 15 is 0 Å². The smallest absolute Gasteiger partial charge is 0.275 e. The maximum Gasteiger partial charge on any atom is 0.275 e. The zero-order valence-electron chi connectivity index (χ0n) is 20.1. The van der Waals surface area contributed by atoms with Crippen molar-refractivity contribution in [1.82, 2.24) is 20.5 Å². The van der Waals surface area contributed by atoms with Crippen LogP contribution in [0, 0.1) is 6.92 Å². The van der Waals surface area contributed by atoms with E-state index in [9.17, 15) is 9.59 Å². The summed E-state index contributed by atoms with van der Waals surface area (Å²) >= 11 is 12.4. The summed E-state index contributed by atoms with van der Waals surface area (Å²) in [7, 11) is 0. The topological polar surface area (TPSA) is 74.3 Å². The Morgan fingerprint density at radius 2 is 1.94 bits per heavy atom. The summed E-state index contributed by atoms with van der Waals surface area (Å²) in [5.74, 6) is -0.674. The molecule has 2 rings (SSSR count). The highest BCUT2D eigenvalue weighted by molar-refractivity contribution is 6.31. The minimum absolute atomic E-state index is 0.187. The predicted octanol–water partition coefficient (Wildman–Crippen LogP) is 5.10. The van der Waals surface area contributed by atoms with Crippen LogP contribution in [-0.2, 0) is 22.6 Å². The average Bonchev–Trinajstić information content (AvgIpc) is 2.85. The number of allylic oxidation sites excluding steroid dienone is 2. The molecule has 0 fully saturated rings. The van der Waals surface area contributed by atoms with Crippen LogP contribution in [0.5, 0.6) is 0 Å². The second kappa shape index (κ2) is 13.8. The van der Waals surface area contributed by atoms with Crippen LogP contribution in [0.4, 0.5) is 0 Å². The highest BCUT2D eigenvalue weighted by Gasteiger charge is 2.24. The molecule has 182 valence electrons. The van der Waals surface area contributed by atoms with Crippen LogP contribution in [0.2, 0.25) is 5.02 Å². The first-order valence-electron chi connectivity index (χ1n) is 11.3. The van der Waals surface area contributed by atoms with Gasteiger partial charge in [-0.05, 0) is 68.2 Å². The number of carbonyl (C=O) groups excluding carboxylic acids is 2. The summed E-state index contributed by atoms with van der Waals surface area (Å²) in [4.78, 5) is 31.8. The lowest BCUT2D eigenvalue weighted by atomic mass is 10.1. The van der Waals surface area contributed by atoms with Gasteiger partial charge in [0, 0.05) is 36.4 Å². The van der Waals surface area contributed by atoms with Crippen molar-refractivity contribution in [2.24, 2.45) is 0 Å². The number of amides is 2. The fraction of sp³-hybridized carbons (Fsp3) is 0.346. The number of aryl methyl sites for hydroxylation is 1. The number of aromatic nitrogens is 1. The molecular formula is C26H32Cl2N4O2. The van der Waals surface area contributed by atoms with Crippen LogP contribution < -0.4 is 10.6 Å². The number of benzene rings is 1. The van der Waals surface area contributed by atoms with Gasteiger partial charge >= 0.3 is 0 Å². The van der Waals surface area contributed by atoms with Crippen molar-refractivity contribution < 1.29 is 9.59 Å². The Hall–Kier alpha value is -2.83. The van der Waals surface area contributed by atoms with E-state index in [0.717, 1.165) is 22.4 Å². The van der Waals surface area contributed by atoms with Gasteiger partial charge in [-0.25, -0.2) is 0 Å². The SMILES string of the molecule is C/C=C(/Cl)N(CC(=O)NCc1cc(Cl)ccc1C)C(=O)/C(NCCc1ccccn1)=C(\C)CC. The molecule has 0 aliphatic rings. The summed E-state index contributed by atoms with van der Waals surface area (Å²) in [6.07, 6.45) is 4.68. The maximum atomic E-state index is 13.5. The molecule has 34 heavy (non-hydrogen) atoms. The molecule has 2 amide bonds. The number of halogens is 2. The Morgan fingerprint density at radius 3 is 2.59 bits per heavy atom. The van der Waals surface area contributed by atoms with Crippen LogP contribution in [0.15, 0.2) is 65.1 Å². The number of hydrogen-bond donors (Lipinski definition) is 2. The lowest BCUT2D eigenvalue weighted by Crippen LogP contribution is -2.42. The van der Waals surface area contributed by atoms with Gasteiger partial charge in [0.1, 0.15) is 11.7 Å². The van der Waals surface area contributed by atoms with E-state index in [1.165, 1.54) is 4.90 Å². The van der Waals surface area contributed by atoms with Crippen molar-refractivity contribution in [3.05, 3.63) is 86.9 Å². The van der Waals surface area contributed by atoms with Gasteiger partial charge in [-0.1, -0.05) is 48.3 Å². The fourth-order valence-electron chi connectivity index (χ4n) is 3.21. The molecule has 1 aromatic carbocycles. The Balaban J connectivity index is 2.11. The normalized spacial score (nSPS) is 12.1. The third-order valence-electron chi connectivity index (χ3n) is 5.41.